The fourth-order valence-electron chi connectivity index (χ4n) is 1.86. The molecule has 1 atom stereocenters. The molecule has 8 heteroatoms. The van der Waals surface area contributed by atoms with E-state index in [4.69, 9.17) is 11.5 Å². The number of carbonyl (C=O) groups is 1. The molecule has 21 heavy (non-hydrogen) atoms. The van der Waals surface area contributed by atoms with Crippen LogP contribution in [0.5, 0.6) is 0 Å². The molecule has 0 radical (unpaired) electrons. The predicted molar refractivity (Wildman–Crippen MR) is 71.2 cm³/mol. The third-order valence-electron chi connectivity index (χ3n) is 3.40. The van der Waals surface area contributed by atoms with Crippen molar-refractivity contribution in [1.29, 1.82) is 0 Å². The van der Waals surface area contributed by atoms with Crippen molar-refractivity contribution in [3.63, 3.8) is 0 Å². The van der Waals surface area contributed by atoms with E-state index >= 15 is 0 Å². The van der Waals surface area contributed by atoms with Crippen LogP contribution < -0.4 is 11.5 Å². The second-order valence-corrected chi connectivity index (χ2v) is 6.86. The van der Waals surface area contributed by atoms with Crippen LogP contribution in [0.15, 0.2) is 0 Å². The molecule has 0 saturated heterocycles. The Labute approximate surface area is 122 Å². The lowest BCUT2D eigenvalue weighted by atomic mass is 9.67. The number of hydrogen-bond acceptors (Lipinski definition) is 4. The highest BCUT2D eigenvalue weighted by Crippen LogP contribution is 2.38. The van der Waals surface area contributed by atoms with Crippen LogP contribution in [-0.2, 0) is 9.53 Å². The van der Waals surface area contributed by atoms with Gasteiger partial charge >= 0.3 is 18.3 Å². The van der Waals surface area contributed by atoms with Crippen LogP contribution in [0.25, 0.3) is 0 Å². The van der Waals surface area contributed by atoms with Gasteiger partial charge < -0.3 is 16.2 Å². The van der Waals surface area contributed by atoms with Gasteiger partial charge in [0, 0.05) is 11.1 Å². The SMILES string of the molecule is CC(C)(N)CC(C)(C(=O)OCC(F)(F)C(F)F)C(C)(C)N. The summed E-state index contributed by atoms with van der Waals surface area (Å²) in [6.45, 7) is 6.04. The Bertz CT molecular complexity index is 375. The molecule has 0 aliphatic heterocycles. The number of hydrogen-bond donors (Lipinski definition) is 2. The molecule has 0 amide bonds. The zero-order chi connectivity index (χ0) is 17.3. The topological polar surface area (TPSA) is 78.3 Å². The Balaban J connectivity index is 5.18. The third kappa shape index (κ3) is 5.43. The summed E-state index contributed by atoms with van der Waals surface area (Å²) in [5.41, 5.74) is 8.42. The fraction of sp³-hybridized carbons (Fsp3) is 0.923. The Morgan fingerprint density at radius 1 is 1.10 bits per heavy atom. The number of ether oxygens (including phenoxy) is 1. The number of esters is 1. The van der Waals surface area contributed by atoms with Crippen LogP contribution in [0.4, 0.5) is 17.6 Å². The summed E-state index contributed by atoms with van der Waals surface area (Å²) in [7, 11) is 0. The number of halogens is 4. The van der Waals surface area contributed by atoms with Crippen molar-refractivity contribution in [2.75, 3.05) is 6.61 Å². The number of nitrogens with two attached hydrogens (primary N) is 2. The van der Waals surface area contributed by atoms with Gasteiger partial charge in [-0.1, -0.05) is 0 Å². The monoisotopic (exact) mass is 316 g/mol. The van der Waals surface area contributed by atoms with Crippen molar-refractivity contribution >= 4 is 5.97 Å². The summed E-state index contributed by atoms with van der Waals surface area (Å²) in [6, 6.07) is 0. The quantitative estimate of drug-likeness (QED) is 0.558. The molecule has 0 fully saturated rings. The van der Waals surface area contributed by atoms with Crippen molar-refractivity contribution in [3.8, 4) is 0 Å². The minimum atomic E-state index is -4.40. The standard InChI is InChI=1S/C13H24F4N2O2/c1-10(2,18)6-12(5,11(3,4)19)9(20)21-7-13(16,17)8(14)15/h8H,6-7,18-19H2,1-5H3. The average molecular weight is 316 g/mol. The minimum Gasteiger partial charge on any atom is -0.459 e. The molecule has 126 valence electrons. The van der Waals surface area contributed by atoms with Gasteiger partial charge in [-0.15, -0.1) is 0 Å². The van der Waals surface area contributed by atoms with Crippen LogP contribution in [0, 0.1) is 5.41 Å². The van der Waals surface area contributed by atoms with Crippen molar-refractivity contribution in [3.05, 3.63) is 0 Å². The molecule has 4 N–H and O–H groups in total. The summed E-state index contributed by atoms with van der Waals surface area (Å²) in [5.74, 6) is -5.47. The maximum atomic E-state index is 12.8. The first-order valence-corrected chi connectivity index (χ1v) is 6.44. The third-order valence-corrected chi connectivity index (χ3v) is 3.40. The number of rotatable bonds is 7. The zero-order valence-corrected chi connectivity index (χ0v) is 13.0. The molecule has 1 unspecified atom stereocenters. The van der Waals surface area contributed by atoms with E-state index in [1.807, 2.05) is 0 Å². The lowest BCUT2D eigenvalue weighted by Crippen LogP contribution is -2.58. The molecule has 0 aromatic rings. The second-order valence-electron chi connectivity index (χ2n) is 6.86. The van der Waals surface area contributed by atoms with Gasteiger partial charge in [0.2, 0.25) is 0 Å². The van der Waals surface area contributed by atoms with Gasteiger partial charge in [-0.25, -0.2) is 8.78 Å². The smallest absolute Gasteiger partial charge is 0.340 e. The first kappa shape index (κ1) is 20.1. The molecular weight excluding hydrogens is 292 g/mol. The van der Waals surface area contributed by atoms with E-state index in [1.54, 1.807) is 13.8 Å². The van der Waals surface area contributed by atoms with E-state index in [0.717, 1.165) is 0 Å². The zero-order valence-electron chi connectivity index (χ0n) is 13.0. The van der Waals surface area contributed by atoms with Crippen LogP contribution in [0.2, 0.25) is 0 Å². The van der Waals surface area contributed by atoms with Crippen molar-refractivity contribution in [2.24, 2.45) is 16.9 Å². The molecular formula is C13H24F4N2O2. The van der Waals surface area contributed by atoms with Gasteiger partial charge in [0.15, 0.2) is 6.61 Å². The maximum Gasteiger partial charge on any atom is 0.340 e. The molecule has 0 rings (SSSR count). The average Bonchev–Trinajstić information content (AvgIpc) is 2.21. The minimum absolute atomic E-state index is 0.0442. The van der Waals surface area contributed by atoms with Crippen molar-refractivity contribution in [2.45, 2.75) is 64.5 Å². The summed E-state index contributed by atoms with van der Waals surface area (Å²) in [5, 5.41) is 0. The van der Waals surface area contributed by atoms with Crippen LogP contribution >= 0.6 is 0 Å². The second kappa shape index (κ2) is 6.08. The number of alkyl halides is 4. The molecule has 0 aliphatic rings. The lowest BCUT2D eigenvalue weighted by molar-refractivity contribution is -0.190. The Morgan fingerprint density at radius 2 is 1.52 bits per heavy atom. The van der Waals surface area contributed by atoms with E-state index in [9.17, 15) is 22.4 Å². The highest BCUT2D eigenvalue weighted by molar-refractivity contribution is 5.78. The highest BCUT2D eigenvalue weighted by Gasteiger charge is 2.50. The Hall–Kier alpha value is -0.890. The molecule has 0 heterocycles. The van der Waals surface area contributed by atoms with Crippen molar-refractivity contribution in [1.82, 2.24) is 0 Å². The molecule has 4 nitrogen and oxygen atoms in total. The molecule has 0 saturated carbocycles. The first-order valence-electron chi connectivity index (χ1n) is 6.44. The van der Waals surface area contributed by atoms with E-state index in [2.05, 4.69) is 4.74 Å². The molecule has 0 bridgehead atoms. The summed E-state index contributed by atoms with van der Waals surface area (Å²) >= 11 is 0. The molecule has 0 spiro atoms. The molecule has 0 aromatic carbocycles. The van der Waals surface area contributed by atoms with Crippen LogP contribution in [0.1, 0.15) is 41.0 Å². The summed E-state index contributed by atoms with van der Waals surface area (Å²) < 4.78 is 54.3. The van der Waals surface area contributed by atoms with E-state index in [1.165, 1.54) is 20.8 Å². The van der Waals surface area contributed by atoms with E-state index in [0.29, 0.717) is 0 Å². The normalized spacial score (nSPS) is 16.8. The fourth-order valence-corrected chi connectivity index (χ4v) is 1.86. The van der Waals surface area contributed by atoms with Crippen LogP contribution in [-0.4, -0.2) is 36.0 Å². The van der Waals surface area contributed by atoms with Gasteiger partial charge in [0.1, 0.15) is 0 Å². The van der Waals surface area contributed by atoms with Gasteiger partial charge in [0.05, 0.1) is 5.41 Å². The predicted octanol–water partition coefficient (Wildman–Crippen LogP) is 2.30. The number of carbonyl (C=O) groups excluding carboxylic acids is 1. The lowest BCUT2D eigenvalue weighted by Gasteiger charge is -2.43. The Morgan fingerprint density at radius 3 is 1.81 bits per heavy atom. The first-order chi connectivity index (χ1) is 9.03. The van der Waals surface area contributed by atoms with Gasteiger partial charge in [-0.3, -0.25) is 4.79 Å². The van der Waals surface area contributed by atoms with Crippen LogP contribution in [0.3, 0.4) is 0 Å². The van der Waals surface area contributed by atoms with E-state index < -0.39 is 41.4 Å². The molecule has 0 aromatic heterocycles. The molecule has 0 aliphatic carbocycles. The van der Waals surface area contributed by atoms with Crippen molar-refractivity contribution < 1.29 is 27.1 Å². The summed E-state index contributed by atoms with van der Waals surface area (Å²) in [4.78, 5) is 12.1. The van der Waals surface area contributed by atoms with Gasteiger partial charge in [-0.2, -0.15) is 8.78 Å². The Kier molecular flexibility index (Phi) is 5.82. The largest absolute Gasteiger partial charge is 0.459 e. The highest BCUT2D eigenvalue weighted by atomic mass is 19.3. The van der Waals surface area contributed by atoms with Gasteiger partial charge in [-0.05, 0) is 41.0 Å². The van der Waals surface area contributed by atoms with Gasteiger partial charge in [0.25, 0.3) is 0 Å². The summed E-state index contributed by atoms with van der Waals surface area (Å²) in [6.07, 6.45) is -3.86. The van der Waals surface area contributed by atoms with E-state index in [-0.39, 0.29) is 6.42 Å². The maximum absolute atomic E-state index is 12.8.